The molecule has 0 bridgehead atoms. The van der Waals surface area contributed by atoms with Crippen LogP contribution in [0.5, 0.6) is 0 Å². The largest absolute Gasteiger partial charge is 0.469 e. The number of aliphatic hydroxyl groups is 1. The fourth-order valence-electron chi connectivity index (χ4n) is 1.59. The lowest BCUT2D eigenvalue weighted by Crippen LogP contribution is -2.29. The van der Waals surface area contributed by atoms with Gasteiger partial charge < -0.3 is 9.84 Å². The van der Waals surface area contributed by atoms with Crippen molar-refractivity contribution in [2.24, 2.45) is 0 Å². The van der Waals surface area contributed by atoms with Gasteiger partial charge in [0, 0.05) is 13.6 Å². The number of methoxy groups -OCH3 is 1. The van der Waals surface area contributed by atoms with E-state index in [1.165, 1.54) is 26.3 Å². The zero-order valence-corrected chi connectivity index (χ0v) is 12.6. The summed E-state index contributed by atoms with van der Waals surface area (Å²) in [5.74, 6) is -0.468. The molecule has 112 valence electrons. The van der Waals surface area contributed by atoms with Crippen LogP contribution in [0.4, 0.5) is 0 Å². The topological polar surface area (TPSA) is 83.9 Å². The number of esters is 1. The van der Waals surface area contributed by atoms with Gasteiger partial charge >= 0.3 is 5.97 Å². The van der Waals surface area contributed by atoms with E-state index in [0.29, 0.717) is 5.56 Å². The summed E-state index contributed by atoms with van der Waals surface area (Å²) in [5.41, 5.74) is 0.521. The molecule has 1 aromatic rings. The zero-order valence-electron chi connectivity index (χ0n) is 11.7. The molecular formula is C13H19NO5S. The number of ether oxygens (including phenoxy) is 1. The molecule has 1 aromatic carbocycles. The molecule has 0 aliphatic carbocycles. The van der Waals surface area contributed by atoms with Crippen LogP contribution in [0, 0.1) is 0 Å². The van der Waals surface area contributed by atoms with E-state index in [4.69, 9.17) is 0 Å². The van der Waals surface area contributed by atoms with E-state index in [0.717, 1.165) is 4.31 Å². The Bertz CT molecular complexity index is 568. The average molecular weight is 301 g/mol. The number of hydrogen-bond donors (Lipinski definition) is 1. The van der Waals surface area contributed by atoms with Crippen LogP contribution < -0.4 is 0 Å². The molecule has 0 aromatic heterocycles. The van der Waals surface area contributed by atoms with E-state index in [1.807, 2.05) is 0 Å². The van der Waals surface area contributed by atoms with Gasteiger partial charge in [0.1, 0.15) is 0 Å². The molecule has 20 heavy (non-hydrogen) atoms. The minimum Gasteiger partial charge on any atom is -0.469 e. The summed E-state index contributed by atoms with van der Waals surface area (Å²) in [6.07, 6.45) is -0.756. The van der Waals surface area contributed by atoms with Gasteiger partial charge in [0.05, 0.1) is 24.5 Å². The quantitative estimate of drug-likeness (QED) is 0.790. The first kappa shape index (κ1) is 16.6. The van der Waals surface area contributed by atoms with Crippen LogP contribution >= 0.6 is 0 Å². The standard InChI is InChI=1S/C13H19NO5S/c1-10(15)11-5-4-6-12(9-11)20(17,18)14(2)8-7-13(16)19-3/h4-6,9-10,15H,7-8H2,1-3H3. The van der Waals surface area contributed by atoms with Gasteiger partial charge in [0.2, 0.25) is 10.0 Å². The average Bonchev–Trinajstić information content (AvgIpc) is 2.44. The summed E-state index contributed by atoms with van der Waals surface area (Å²) in [5, 5.41) is 9.49. The van der Waals surface area contributed by atoms with Crippen LogP contribution in [0.3, 0.4) is 0 Å². The van der Waals surface area contributed by atoms with Gasteiger partial charge in [0.25, 0.3) is 0 Å². The van der Waals surface area contributed by atoms with E-state index in [9.17, 15) is 18.3 Å². The lowest BCUT2D eigenvalue weighted by molar-refractivity contribution is -0.140. The summed E-state index contributed by atoms with van der Waals surface area (Å²) in [6, 6.07) is 6.10. The number of rotatable bonds is 6. The first-order valence-corrected chi connectivity index (χ1v) is 7.54. The molecule has 0 saturated heterocycles. The lowest BCUT2D eigenvalue weighted by Gasteiger charge is -2.17. The summed E-state index contributed by atoms with van der Waals surface area (Å²) in [7, 11) is -1.04. The summed E-state index contributed by atoms with van der Waals surface area (Å²) in [4.78, 5) is 11.1. The van der Waals surface area contributed by atoms with Gasteiger partial charge in [-0.3, -0.25) is 4.79 Å². The molecule has 7 heteroatoms. The van der Waals surface area contributed by atoms with Crippen molar-refractivity contribution in [3.8, 4) is 0 Å². The van der Waals surface area contributed by atoms with Crippen molar-refractivity contribution in [3.63, 3.8) is 0 Å². The first-order chi connectivity index (χ1) is 9.28. The first-order valence-electron chi connectivity index (χ1n) is 6.10. The molecule has 1 N–H and O–H groups in total. The van der Waals surface area contributed by atoms with Crippen LogP contribution in [0.25, 0.3) is 0 Å². The van der Waals surface area contributed by atoms with E-state index in [-0.39, 0.29) is 17.9 Å². The van der Waals surface area contributed by atoms with E-state index < -0.39 is 22.1 Å². The second kappa shape index (κ2) is 6.83. The number of benzene rings is 1. The van der Waals surface area contributed by atoms with Crippen LogP contribution in [-0.2, 0) is 19.6 Å². The van der Waals surface area contributed by atoms with Crippen LogP contribution in [0.15, 0.2) is 29.2 Å². The van der Waals surface area contributed by atoms with E-state index >= 15 is 0 Å². The maximum atomic E-state index is 12.3. The monoisotopic (exact) mass is 301 g/mol. The van der Waals surface area contributed by atoms with Gasteiger partial charge in [-0.15, -0.1) is 0 Å². The molecule has 0 aliphatic rings. The maximum absolute atomic E-state index is 12.3. The fourth-order valence-corrected chi connectivity index (χ4v) is 2.81. The van der Waals surface area contributed by atoms with Gasteiger partial charge in [-0.05, 0) is 24.6 Å². The molecule has 0 spiro atoms. The Morgan fingerprint density at radius 1 is 1.45 bits per heavy atom. The molecule has 0 aliphatic heterocycles. The molecule has 6 nitrogen and oxygen atoms in total. The van der Waals surface area contributed by atoms with Gasteiger partial charge in [0.15, 0.2) is 0 Å². The molecule has 1 unspecified atom stereocenters. The van der Waals surface area contributed by atoms with E-state index in [1.54, 1.807) is 19.1 Å². The molecule has 0 amide bonds. The highest BCUT2D eigenvalue weighted by molar-refractivity contribution is 7.89. The van der Waals surface area contributed by atoms with Gasteiger partial charge in [-0.25, -0.2) is 12.7 Å². The zero-order chi connectivity index (χ0) is 15.3. The van der Waals surface area contributed by atoms with Crippen molar-refractivity contribution >= 4 is 16.0 Å². The van der Waals surface area contributed by atoms with E-state index in [2.05, 4.69) is 4.74 Å². The number of carbonyl (C=O) groups excluding carboxylic acids is 1. The molecule has 0 radical (unpaired) electrons. The fraction of sp³-hybridized carbons (Fsp3) is 0.462. The van der Waals surface area contributed by atoms with Crippen molar-refractivity contribution < 1.29 is 23.1 Å². The lowest BCUT2D eigenvalue weighted by atomic mass is 10.1. The highest BCUT2D eigenvalue weighted by atomic mass is 32.2. The smallest absolute Gasteiger partial charge is 0.306 e. The van der Waals surface area contributed by atoms with Crippen LogP contribution in [0.1, 0.15) is 25.0 Å². The number of nitrogens with zero attached hydrogens (tertiary/aromatic N) is 1. The maximum Gasteiger partial charge on any atom is 0.306 e. The number of aliphatic hydroxyl groups excluding tert-OH is 1. The second-order valence-electron chi connectivity index (χ2n) is 4.40. The number of carbonyl (C=O) groups is 1. The SMILES string of the molecule is COC(=O)CCN(C)S(=O)(=O)c1cccc(C(C)O)c1. The van der Waals surface area contributed by atoms with Gasteiger partial charge in [-0.1, -0.05) is 12.1 Å². The molecule has 0 saturated carbocycles. The van der Waals surface area contributed by atoms with Crippen molar-refractivity contribution in [3.05, 3.63) is 29.8 Å². The molecule has 1 rings (SSSR count). The van der Waals surface area contributed by atoms with Crippen molar-refractivity contribution in [1.29, 1.82) is 0 Å². The Labute approximate surface area is 119 Å². The summed E-state index contributed by atoms with van der Waals surface area (Å²) in [6.45, 7) is 1.60. The minimum absolute atomic E-state index is 0.0116. The third kappa shape index (κ3) is 4.03. The van der Waals surface area contributed by atoms with Crippen LogP contribution in [0.2, 0.25) is 0 Å². The van der Waals surface area contributed by atoms with Crippen molar-refractivity contribution in [2.45, 2.75) is 24.3 Å². The van der Waals surface area contributed by atoms with Crippen molar-refractivity contribution in [2.75, 3.05) is 20.7 Å². The third-order valence-electron chi connectivity index (χ3n) is 2.91. The second-order valence-corrected chi connectivity index (χ2v) is 6.45. The summed E-state index contributed by atoms with van der Waals surface area (Å²) >= 11 is 0. The molecule has 0 heterocycles. The molecule has 1 atom stereocenters. The Morgan fingerprint density at radius 3 is 2.65 bits per heavy atom. The Kier molecular flexibility index (Phi) is 5.67. The number of hydrogen-bond acceptors (Lipinski definition) is 5. The highest BCUT2D eigenvalue weighted by Gasteiger charge is 2.22. The van der Waals surface area contributed by atoms with Crippen molar-refractivity contribution in [1.82, 2.24) is 4.31 Å². The van der Waals surface area contributed by atoms with Gasteiger partial charge in [-0.2, -0.15) is 0 Å². The highest BCUT2D eigenvalue weighted by Crippen LogP contribution is 2.19. The molecule has 0 fully saturated rings. The Hall–Kier alpha value is -1.44. The Morgan fingerprint density at radius 2 is 2.10 bits per heavy atom. The minimum atomic E-state index is -3.68. The molecular weight excluding hydrogens is 282 g/mol. The predicted molar refractivity (Wildman–Crippen MR) is 73.5 cm³/mol. The number of sulfonamides is 1. The van der Waals surface area contributed by atoms with Crippen LogP contribution in [-0.4, -0.2) is 44.5 Å². The third-order valence-corrected chi connectivity index (χ3v) is 4.76. The predicted octanol–water partition coefficient (Wildman–Crippen LogP) is 0.923. The Balaban J connectivity index is 2.92. The normalized spacial score (nSPS) is 13.2. The summed E-state index contributed by atoms with van der Waals surface area (Å²) < 4.78 is 30.2.